The summed E-state index contributed by atoms with van der Waals surface area (Å²) >= 11 is 0. The van der Waals surface area contributed by atoms with Crippen molar-refractivity contribution >= 4 is 0 Å². The third kappa shape index (κ3) is 0.838. The lowest BCUT2D eigenvalue weighted by molar-refractivity contribution is 0.640. The second-order valence-electron chi connectivity index (χ2n) is 2.98. The molecule has 1 heterocycles. The van der Waals surface area contributed by atoms with Crippen LogP contribution in [0.2, 0.25) is 0 Å². The highest BCUT2D eigenvalue weighted by Crippen LogP contribution is 2.44. The lowest BCUT2D eigenvalue weighted by Crippen LogP contribution is -1.90. The van der Waals surface area contributed by atoms with Gasteiger partial charge in [-0.1, -0.05) is 13.3 Å². The molecule has 1 fully saturated rings. The molecule has 0 saturated heterocycles. The summed E-state index contributed by atoms with van der Waals surface area (Å²) in [6.07, 6.45) is 8.49. The average Bonchev–Trinajstić information content (AvgIpc) is 2.56. The quantitative estimate of drug-likeness (QED) is 0.606. The summed E-state index contributed by atoms with van der Waals surface area (Å²) in [4.78, 5) is 4.02. The lowest BCUT2D eigenvalue weighted by atomic mass is 10.3. The third-order valence-corrected chi connectivity index (χ3v) is 2.32. The zero-order valence-electron chi connectivity index (χ0n) is 6.20. The number of nitrogens with zero attached hydrogens (tertiary/aromatic N) is 2. The molecule has 0 bridgehead atoms. The van der Waals surface area contributed by atoms with Gasteiger partial charge < -0.3 is 4.57 Å². The predicted octanol–water partition coefficient (Wildman–Crippen LogP) is 1.85. The van der Waals surface area contributed by atoms with Gasteiger partial charge in [0.15, 0.2) is 0 Å². The van der Waals surface area contributed by atoms with E-state index in [0.717, 1.165) is 12.0 Å². The second-order valence-corrected chi connectivity index (χ2v) is 2.98. The van der Waals surface area contributed by atoms with E-state index in [-0.39, 0.29) is 0 Å². The van der Waals surface area contributed by atoms with E-state index in [9.17, 15) is 0 Å². The van der Waals surface area contributed by atoms with Crippen LogP contribution in [0.5, 0.6) is 0 Å². The van der Waals surface area contributed by atoms with Crippen LogP contribution >= 0.6 is 0 Å². The molecule has 2 atom stereocenters. The number of rotatable bonds is 2. The lowest BCUT2D eigenvalue weighted by Gasteiger charge is -1.96. The topological polar surface area (TPSA) is 17.8 Å². The molecule has 0 spiro atoms. The minimum atomic E-state index is 0.771. The molecular weight excluding hydrogens is 124 g/mol. The fourth-order valence-electron chi connectivity index (χ4n) is 1.50. The number of hydrogen-bond donors (Lipinski definition) is 0. The summed E-state index contributed by atoms with van der Waals surface area (Å²) < 4.78 is 2.22. The molecule has 1 aromatic rings. The van der Waals surface area contributed by atoms with E-state index in [4.69, 9.17) is 0 Å². The molecule has 54 valence electrons. The third-order valence-electron chi connectivity index (χ3n) is 2.32. The number of hydrogen-bond acceptors (Lipinski definition) is 1. The van der Waals surface area contributed by atoms with Crippen molar-refractivity contribution in [3.63, 3.8) is 0 Å². The minimum absolute atomic E-state index is 0.771. The van der Waals surface area contributed by atoms with Crippen LogP contribution in [-0.2, 0) is 0 Å². The van der Waals surface area contributed by atoms with Gasteiger partial charge in [-0.05, 0) is 12.3 Å². The normalized spacial score (nSPS) is 30.5. The van der Waals surface area contributed by atoms with E-state index in [2.05, 4.69) is 22.7 Å². The van der Waals surface area contributed by atoms with Gasteiger partial charge in [0.2, 0.25) is 0 Å². The van der Waals surface area contributed by atoms with Crippen molar-refractivity contribution in [2.24, 2.45) is 5.92 Å². The average molecular weight is 136 g/mol. The van der Waals surface area contributed by atoms with E-state index in [1.165, 1.54) is 12.8 Å². The summed E-state index contributed by atoms with van der Waals surface area (Å²) in [6.45, 7) is 2.25. The standard InChI is InChI=1S/C8H12N2/c1-2-7-5-8(7)10-4-3-9-6-10/h3-4,6-8H,2,5H2,1H3. The summed E-state index contributed by atoms with van der Waals surface area (Å²) in [5, 5.41) is 0. The van der Waals surface area contributed by atoms with Gasteiger partial charge >= 0.3 is 0 Å². The largest absolute Gasteiger partial charge is 0.334 e. The highest BCUT2D eigenvalue weighted by atomic mass is 15.1. The molecular formula is C8H12N2. The molecule has 1 saturated carbocycles. The monoisotopic (exact) mass is 136 g/mol. The molecule has 0 amide bonds. The Morgan fingerprint density at radius 3 is 3.10 bits per heavy atom. The van der Waals surface area contributed by atoms with E-state index in [1.807, 2.05) is 12.5 Å². The van der Waals surface area contributed by atoms with Gasteiger partial charge in [0.25, 0.3) is 0 Å². The Hall–Kier alpha value is -0.790. The van der Waals surface area contributed by atoms with Gasteiger partial charge in [-0.15, -0.1) is 0 Å². The molecule has 0 radical (unpaired) electrons. The summed E-state index contributed by atoms with van der Waals surface area (Å²) in [7, 11) is 0. The van der Waals surface area contributed by atoms with Crippen LogP contribution in [0.1, 0.15) is 25.8 Å². The van der Waals surface area contributed by atoms with E-state index < -0.39 is 0 Å². The first kappa shape index (κ1) is 5.96. The molecule has 0 aromatic carbocycles. The van der Waals surface area contributed by atoms with Gasteiger partial charge in [0, 0.05) is 18.4 Å². The fourth-order valence-corrected chi connectivity index (χ4v) is 1.50. The van der Waals surface area contributed by atoms with Gasteiger partial charge in [-0.2, -0.15) is 0 Å². The smallest absolute Gasteiger partial charge is 0.0948 e. The highest BCUT2D eigenvalue weighted by molar-refractivity contribution is 4.94. The Labute approximate surface area is 60.9 Å². The van der Waals surface area contributed by atoms with E-state index >= 15 is 0 Å². The molecule has 2 nitrogen and oxygen atoms in total. The molecule has 2 heteroatoms. The summed E-state index contributed by atoms with van der Waals surface area (Å²) in [5.74, 6) is 0.925. The molecule has 1 aliphatic rings. The summed E-state index contributed by atoms with van der Waals surface area (Å²) in [6, 6.07) is 0.771. The van der Waals surface area contributed by atoms with E-state index in [0.29, 0.717) is 0 Å². The van der Waals surface area contributed by atoms with Gasteiger partial charge in [0.1, 0.15) is 0 Å². The van der Waals surface area contributed by atoms with Gasteiger partial charge in [-0.25, -0.2) is 4.98 Å². The molecule has 1 aliphatic carbocycles. The van der Waals surface area contributed by atoms with Crippen molar-refractivity contribution in [3.05, 3.63) is 18.7 Å². The molecule has 10 heavy (non-hydrogen) atoms. The maximum atomic E-state index is 4.02. The van der Waals surface area contributed by atoms with Gasteiger partial charge in [0.05, 0.1) is 6.33 Å². The zero-order valence-corrected chi connectivity index (χ0v) is 6.20. The first-order valence-electron chi connectivity index (χ1n) is 3.89. The molecule has 0 N–H and O–H groups in total. The van der Waals surface area contributed by atoms with Crippen molar-refractivity contribution in [2.75, 3.05) is 0 Å². The van der Waals surface area contributed by atoms with Crippen molar-refractivity contribution in [1.82, 2.24) is 9.55 Å². The fraction of sp³-hybridized carbons (Fsp3) is 0.625. The van der Waals surface area contributed by atoms with Crippen LogP contribution < -0.4 is 0 Å². The zero-order chi connectivity index (χ0) is 6.97. The van der Waals surface area contributed by atoms with Crippen LogP contribution in [0.4, 0.5) is 0 Å². The second kappa shape index (κ2) is 2.11. The van der Waals surface area contributed by atoms with Crippen molar-refractivity contribution in [3.8, 4) is 0 Å². The predicted molar refractivity (Wildman–Crippen MR) is 39.7 cm³/mol. The highest BCUT2D eigenvalue weighted by Gasteiger charge is 2.36. The SMILES string of the molecule is CCC1CC1n1ccnc1. The maximum absolute atomic E-state index is 4.02. The van der Waals surface area contributed by atoms with Crippen LogP contribution in [0.25, 0.3) is 0 Å². The Morgan fingerprint density at radius 2 is 2.60 bits per heavy atom. The number of imidazole rings is 1. The Kier molecular flexibility index (Phi) is 1.26. The van der Waals surface area contributed by atoms with Crippen LogP contribution in [-0.4, -0.2) is 9.55 Å². The molecule has 1 aromatic heterocycles. The van der Waals surface area contributed by atoms with Crippen LogP contribution in [0, 0.1) is 5.92 Å². The van der Waals surface area contributed by atoms with Crippen LogP contribution in [0.15, 0.2) is 18.7 Å². The van der Waals surface area contributed by atoms with Crippen molar-refractivity contribution in [1.29, 1.82) is 0 Å². The van der Waals surface area contributed by atoms with Gasteiger partial charge in [-0.3, -0.25) is 0 Å². The Bertz CT molecular complexity index is 203. The van der Waals surface area contributed by atoms with Crippen molar-refractivity contribution in [2.45, 2.75) is 25.8 Å². The Balaban J connectivity index is 2.05. The molecule has 2 rings (SSSR count). The first-order valence-corrected chi connectivity index (χ1v) is 3.89. The Morgan fingerprint density at radius 1 is 1.70 bits per heavy atom. The first-order chi connectivity index (χ1) is 4.92. The molecule has 2 unspecified atom stereocenters. The molecule has 0 aliphatic heterocycles. The maximum Gasteiger partial charge on any atom is 0.0948 e. The van der Waals surface area contributed by atoms with Crippen molar-refractivity contribution < 1.29 is 0 Å². The van der Waals surface area contributed by atoms with Crippen LogP contribution in [0.3, 0.4) is 0 Å². The number of aromatic nitrogens is 2. The summed E-state index contributed by atoms with van der Waals surface area (Å²) in [5.41, 5.74) is 0. The minimum Gasteiger partial charge on any atom is -0.334 e. The van der Waals surface area contributed by atoms with E-state index in [1.54, 1.807) is 0 Å².